The van der Waals surface area contributed by atoms with Crippen molar-refractivity contribution in [3.63, 3.8) is 0 Å². The quantitative estimate of drug-likeness (QED) is 0.670. The van der Waals surface area contributed by atoms with Crippen LogP contribution in [0.3, 0.4) is 0 Å². The number of para-hydroxylation sites is 1. The highest BCUT2D eigenvalue weighted by Crippen LogP contribution is 2.32. The summed E-state index contributed by atoms with van der Waals surface area (Å²) in [5, 5.41) is 2.44. The van der Waals surface area contributed by atoms with Gasteiger partial charge in [0.05, 0.1) is 6.54 Å². The van der Waals surface area contributed by atoms with Crippen molar-refractivity contribution in [2.45, 2.75) is 12.1 Å². The molecule has 9 heteroatoms. The first-order valence-electron chi connectivity index (χ1n) is 6.47. The second-order valence-corrected chi connectivity index (χ2v) is 5.02. The number of rotatable bonds is 2. The Balaban J connectivity index is 2.42. The molecule has 1 aliphatic heterocycles. The summed E-state index contributed by atoms with van der Waals surface area (Å²) in [5.41, 5.74) is 0.0588. The van der Waals surface area contributed by atoms with Gasteiger partial charge in [-0.3, -0.25) is 4.84 Å². The van der Waals surface area contributed by atoms with Crippen molar-refractivity contribution < 1.29 is 31.6 Å². The minimum Gasteiger partial charge on any atom is -0.306 e. The Labute approximate surface area is 123 Å². The minimum absolute atomic E-state index is 0.0182. The molecule has 4 nitrogen and oxygen atoms in total. The van der Waals surface area contributed by atoms with Gasteiger partial charge in [0.15, 0.2) is 12.2 Å². The lowest BCUT2D eigenvalue weighted by Gasteiger charge is -2.34. The van der Waals surface area contributed by atoms with E-state index in [0.717, 1.165) is 0 Å². The third-order valence-electron chi connectivity index (χ3n) is 3.24. The Kier molecular flexibility index (Phi) is 4.39. The predicted molar refractivity (Wildman–Crippen MR) is 67.9 cm³/mol. The van der Waals surface area contributed by atoms with E-state index < -0.39 is 35.8 Å². The zero-order valence-electron chi connectivity index (χ0n) is 11.4. The standard InChI is InChI=1S/C13H14F5N2O2/c14-12(15)8-19-6-7-20(9-12,10-4-2-1-3-5-10)22-11(21)13(16,17)18/h1-5,19H,6-9H2/q+1. The number of hydroxylamine groups is 2. The van der Waals surface area contributed by atoms with E-state index >= 15 is 0 Å². The van der Waals surface area contributed by atoms with Crippen LogP contribution in [0.1, 0.15) is 0 Å². The van der Waals surface area contributed by atoms with Gasteiger partial charge in [-0.1, -0.05) is 22.8 Å². The average molecular weight is 325 g/mol. The van der Waals surface area contributed by atoms with Crippen molar-refractivity contribution in [2.24, 2.45) is 0 Å². The number of benzene rings is 1. The minimum atomic E-state index is -5.25. The summed E-state index contributed by atoms with van der Waals surface area (Å²) in [5.74, 6) is -5.81. The Bertz CT molecular complexity index is 535. The number of halogens is 5. The lowest BCUT2D eigenvalue weighted by molar-refractivity contribution is -0.241. The van der Waals surface area contributed by atoms with Crippen LogP contribution in [0, 0.1) is 0 Å². The van der Waals surface area contributed by atoms with Crippen molar-refractivity contribution in [1.29, 1.82) is 0 Å². The molecule has 2 rings (SSSR count). The fourth-order valence-electron chi connectivity index (χ4n) is 2.30. The van der Waals surface area contributed by atoms with Crippen molar-refractivity contribution >= 4 is 11.7 Å². The Morgan fingerprint density at radius 1 is 1.23 bits per heavy atom. The Morgan fingerprint density at radius 2 is 1.86 bits per heavy atom. The maximum absolute atomic E-state index is 13.8. The van der Waals surface area contributed by atoms with E-state index in [9.17, 15) is 26.7 Å². The number of alkyl halides is 5. The highest BCUT2D eigenvalue weighted by molar-refractivity contribution is 5.76. The first-order valence-corrected chi connectivity index (χ1v) is 6.47. The molecule has 1 aromatic rings. The number of hydrogen-bond donors (Lipinski definition) is 1. The maximum atomic E-state index is 13.8. The van der Waals surface area contributed by atoms with Gasteiger partial charge in [0.2, 0.25) is 0 Å². The summed E-state index contributed by atoms with van der Waals surface area (Å²) in [7, 11) is 0. The van der Waals surface area contributed by atoms with Crippen LogP contribution < -0.4 is 9.96 Å². The van der Waals surface area contributed by atoms with Gasteiger partial charge in [-0.05, 0) is 0 Å². The molecular weight excluding hydrogens is 311 g/mol. The van der Waals surface area contributed by atoms with Gasteiger partial charge in [-0.25, -0.2) is 4.79 Å². The molecule has 22 heavy (non-hydrogen) atoms. The van der Waals surface area contributed by atoms with Gasteiger partial charge in [-0.15, -0.1) is 0 Å². The van der Waals surface area contributed by atoms with Gasteiger partial charge >= 0.3 is 18.1 Å². The van der Waals surface area contributed by atoms with Gasteiger partial charge in [0, 0.05) is 18.7 Å². The zero-order chi connectivity index (χ0) is 16.4. The SMILES string of the molecule is O=C(O[N+]1(c2ccccc2)CCNCC(F)(F)C1)C(F)(F)F. The number of carbonyl (C=O) groups is 1. The van der Waals surface area contributed by atoms with Crippen molar-refractivity contribution in [1.82, 2.24) is 9.96 Å². The molecule has 1 fully saturated rings. The smallest absolute Gasteiger partial charge is 0.306 e. The van der Waals surface area contributed by atoms with E-state index in [1.165, 1.54) is 24.3 Å². The molecule has 0 aromatic heterocycles. The fourth-order valence-corrected chi connectivity index (χ4v) is 2.30. The molecule has 1 heterocycles. The monoisotopic (exact) mass is 325 g/mol. The molecule has 1 N–H and O–H groups in total. The van der Waals surface area contributed by atoms with Crippen LogP contribution in [0.2, 0.25) is 0 Å². The lowest BCUT2D eigenvalue weighted by atomic mass is 10.2. The fraction of sp³-hybridized carbons (Fsp3) is 0.462. The van der Waals surface area contributed by atoms with Gasteiger partial charge in [0.25, 0.3) is 0 Å². The molecule has 0 aliphatic carbocycles. The van der Waals surface area contributed by atoms with E-state index in [-0.39, 0.29) is 18.8 Å². The average Bonchev–Trinajstić information content (AvgIpc) is 2.58. The molecule has 0 spiro atoms. The largest absolute Gasteiger partial charge is 0.497 e. The molecular formula is C13H14F5N2O2+. The summed E-state index contributed by atoms with van der Waals surface area (Å²) in [4.78, 5) is 15.7. The van der Waals surface area contributed by atoms with Crippen molar-refractivity contribution in [2.75, 3.05) is 26.2 Å². The second-order valence-electron chi connectivity index (χ2n) is 5.02. The lowest BCUT2D eigenvalue weighted by Crippen LogP contribution is -2.58. The first kappa shape index (κ1) is 16.6. The topological polar surface area (TPSA) is 38.3 Å². The molecule has 1 aliphatic rings. The number of hydrogen-bond acceptors (Lipinski definition) is 3. The third-order valence-corrected chi connectivity index (χ3v) is 3.24. The molecule has 1 unspecified atom stereocenters. The summed E-state index contributed by atoms with van der Waals surface area (Å²) in [6, 6.07) is 7.25. The van der Waals surface area contributed by atoms with E-state index in [1.54, 1.807) is 6.07 Å². The molecule has 0 radical (unpaired) electrons. The zero-order valence-corrected chi connectivity index (χ0v) is 11.4. The molecule has 0 bridgehead atoms. The normalized spacial score (nSPS) is 25.3. The summed E-state index contributed by atoms with van der Waals surface area (Å²) in [6.07, 6.45) is -5.25. The van der Waals surface area contributed by atoms with Gasteiger partial charge in [0.1, 0.15) is 6.54 Å². The summed E-state index contributed by atoms with van der Waals surface area (Å²) >= 11 is 0. The number of nitrogens with zero attached hydrogens (tertiary/aromatic N) is 1. The molecule has 1 saturated heterocycles. The van der Waals surface area contributed by atoms with Crippen molar-refractivity contribution in [3.8, 4) is 0 Å². The predicted octanol–water partition coefficient (Wildman–Crippen LogP) is 2.25. The van der Waals surface area contributed by atoms with Gasteiger partial charge < -0.3 is 5.32 Å². The second kappa shape index (κ2) is 5.81. The van der Waals surface area contributed by atoms with Crippen LogP contribution in [-0.4, -0.2) is 44.2 Å². The third kappa shape index (κ3) is 3.72. The Hall–Kier alpha value is -1.74. The molecule has 0 saturated carbocycles. The first-order chi connectivity index (χ1) is 10.1. The van der Waals surface area contributed by atoms with E-state index in [2.05, 4.69) is 10.2 Å². The summed E-state index contributed by atoms with van der Waals surface area (Å²) in [6.45, 7) is -2.01. The highest BCUT2D eigenvalue weighted by Gasteiger charge is 2.53. The van der Waals surface area contributed by atoms with Gasteiger partial charge in [-0.2, -0.15) is 22.0 Å². The van der Waals surface area contributed by atoms with E-state index in [4.69, 9.17) is 0 Å². The van der Waals surface area contributed by atoms with Crippen LogP contribution in [0.5, 0.6) is 0 Å². The van der Waals surface area contributed by atoms with Crippen LogP contribution in [0.15, 0.2) is 30.3 Å². The Morgan fingerprint density at radius 3 is 2.45 bits per heavy atom. The maximum Gasteiger partial charge on any atom is 0.497 e. The van der Waals surface area contributed by atoms with Crippen LogP contribution >= 0.6 is 0 Å². The highest BCUT2D eigenvalue weighted by atomic mass is 19.4. The van der Waals surface area contributed by atoms with Crippen LogP contribution in [0.25, 0.3) is 0 Å². The summed E-state index contributed by atoms with van der Waals surface area (Å²) < 4.78 is 64.0. The number of carbonyl (C=O) groups excluding carboxylic acids is 1. The molecule has 122 valence electrons. The van der Waals surface area contributed by atoms with E-state index in [1.807, 2.05) is 0 Å². The van der Waals surface area contributed by atoms with Crippen LogP contribution in [0.4, 0.5) is 27.6 Å². The van der Waals surface area contributed by atoms with Crippen molar-refractivity contribution in [3.05, 3.63) is 30.3 Å². The molecule has 0 amide bonds. The van der Waals surface area contributed by atoms with Crippen LogP contribution in [-0.2, 0) is 9.63 Å². The van der Waals surface area contributed by atoms with E-state index in [0.29, 0.717) is 0 Å². The number of nitrogens with one attached hydrogen (secondary N) is 1. The molecule has 1 aromatic carbocycles. The molecule has 1 atom stereocenters. The number of quaternary nitrogens is 1.